The number of carbonyl (C=O) groups excluding carboxylic acids is 1. The lowest BCUT2D eigenvalue weighted by atomic mass is 10.1. The highest BCUT2D eigenvalue weighted by molar-refractivity contribution is 7.73. The van der Waals surface area contributed by atoms with Gasteiger partial charge in [0.15, 0.2) is 3.95 Å². The molecule has 0 aliphatic rings. The first kappa shape index (κ1) is 20.8. The van der Waals surface area contributed by atoms with Crippen LogP contribution >= 0.6 is 23.6 Å². The van der Waals surface area contributed by atoms with Gasteiger partial charge in [-0.15, -0.1) is 5.10 Å². The molecule has 1 amide bonds. The van der Waals surface area contributed by atoms with Gasteiger partial charge in [0.2, 0.25) is 11.0 Å². The zero-order valence-electron chi connectivity index (χ0n) is 16.9. The van der Waals surface area contributed by atoms with Crippen molar-refractivity contribution in [3.05, 3.63) is 64.6 Å². The molecular weight excluding hydrogens is 432 g/mol. The Labute approximate surface area is 188 Å². The number of amides is 1. The molecule has 0 saturated heterocycles. The number of hydrogen-bond donors (Lipinski definition) is 2. The van der Waals surface area contributed by atoms with Crippen molar-refractivity contribution in [3.63, 3.8) is 0 Å². The number of H-pyrrole nitrogens is 1. The minimum atomic E-state index is -0.206. The number of benzene rings is 3. The van der Waals surface area contributed by atoms with Gasteiger partial charge in [0, 0.05) is 17.1 Å². The molecule has 1 heterocycles. The van der Waals surface area contributed by atoms with Crippen molar-refractivity contribution < 1.29 is 14.3 Å². The van der Waals surface area contributed by atoms with Crippen LogP contribution in [0.25, 0.3) is 10.8 Å². The summed E-state index contributed by atoms with van der Waals surface area (Å²) < 4.78 is 11.4. The summed E-state index contributed by atoms with van der Waals surface area (Å²) >= 11 is 6.47. The first-order valence-electron chi connectivity index (χ1n) is 9.41. The van der Waals surface area contributed by atoms with Gasteiger partial charge in [0.1, 0.15) is 18.0 Å². The van der Waals surface area contributed by atoms with E-state index >= 15 is 0 Å². The molecule has 0 spiro atoms. The number of rotatable bonds is 7. The van der Waals surface area contributed by atoms with E-state index in [1.165, 1.54) is 11.3 Å². The second-order valence-corrected chi connectivity index (χ2v) is 8.24. The Bertz CT molecular complexity index is 1280. The van der Waals surface area contributed by atoms with Crippen molar-refractivity contribution >= 4 is 56.7 Å². The highest BCUT2D eigenvalue weighted by Gasteiger charge is 2.21. The first-order valence-corrected chi connectivity index (χ1v) is 10.6. The van der Waals surface area contributed by atoms with Gasteiger partial charge in [-0.05, 0) is 35.8 Å². The highest BCUT2D eigenvalue weighted by Crippen LogP contribution is 2.37. The zero-order valence-corrected chi connectivity index (χ0v) is 18.5. The average molecular weight is 453 g/mol. The molecular formula is C22H20N4O3S2. The Hall–Kier alpha value is -3.43. The van der Waals surface area contributed by atoms with Crippen LogP contribution < -0.4 is 19.7 Å². The van der Waals surface area contributed by atoms with Gasteiger partial charge in [-0.1, -0.05) is 47.7 Å². The lowest BCUT2D eigenvalue weighted by Gasteiger charge is -2.23. The summed E-state index contributed by atoms with van der Waals surface area (Å²) in [4.78, 5) is 14.8. The number of carbonyl (C=O) groups is 1. The fourth-order valence-electron chi connectivity index (χ4n) is 3.27. The monoisotopic (exact) mass is 452 g/mol. The van der Waals surface area contributed by atoms with Crippen LogP contribution in [0.5, 0.6) is 11.5 Å². The number of methoxy groups -OCH3 is 2. The van der Waals surface area contributed by atoms with Crippen LogP contribution in [-0.2, 0) is 4.79 Å². The van der Waals surface area contributed by atoms with Crippen LogP contribution in [0.1, 0.15) is 0 Å². The number of fused-ring (bicyclic) bond motifs is 1. The van der Waals surface area contributed by atoms with Crippen molar-refractivity contribution in [1.82, 2.24) is 10.2 Å². The molecule has 0 radical (unpaired) electrons. The maximum Gasteiger partial charge on any atom is 0.244 e. The molecule has 4 rings (SSSR count). The second kappa shape index (κ2) is 9.15. The number of ether oxygens (including phenoxy) is 2. The van der Waals surface area contributed by atoms with Crippen LogP contribution in [0, 0.1) is 3.95 Å². The van der Waals surface area contributed by atoms with E-state index in [1.54, 1.807) is 37.3 Å². The van der Waals surface area contributed by atoms with E-state index < -0.39 is 0 Å². The number of anilines is 3. The largest absolute Gasteiger partial charge is 0.497 e. The number of nitrogens with one attached hydrogen (secondary N) is 2. The molecule has 1 aromatic heterocycles. The summed E-state index contributed by atoms with van der Waals surface area (Å²) in [6.07, 6.45) is 0. The fourth-order valence-corrected chi connectivity index (χ4v) is 4.16. The highest BCUT2D eigenvalue weighted by atomic mass is 32.1. The maximum atomic E-state index is 13.1. The molecule has 158 valence electrons. The van der Waals surface area contributed by atoms with Gasteiger partial charge in [0.25, 0.3) is 0 Å². The molecule has 4 aromatic rings. The molecule has 0 saturated carbocycles. The molecule has 0 atom stereocenters. The molecule has 0 unspecified atom stereocenters. The lowest BCUT2D eigenvalue weighted by molar-refractivity contribution is -0.114. The predicted molar refractivity (Wildman–Crippen MR) is 126 cm³/mol. The van der Waals surface area contributed by atoms with E-state index in [9.17, 15) is 4.79 Å². The molecule has 0 aliphatic heterocycles. The van der Waals surface area contributed by atoms with Crippen molar-refractivity contribution in [3.8, 4) is 11.5 Å². The van der Waals surface area contributed by atoms with Gasteiger partial charge < -0.3 is 19.7 Å². The Balaban J connectivity index is 1.69. The third-order valence-corrected chi connectivity index (χ3v) is 5.81. The van der Waals surface area contributed by atoms with Gasteiger partial charge in [-0.2, -0.15) is 0 Å². The number of aromatic nitrogens is 2. The summed E-state index contributed by atoms with van der Waals surface area (Å²) in [6, 6.07) is 19.1. The SMILES string of the molecule is COc1ccc(OC)c(N(CC(=O)Nc2cccc3ccccc23)c2n[nH]c(=S)s2)c1. The Morgan fingerprint density at radius 2 is 1.94 bits per heavy atom. The first-order chi connectivity index (χ1) is 15.1. The van der Waals surface area contributed by atoms with Crippen LogP contribution in [0.3, 0.4) is 0 Å². The van der Waals surface area contributed by atoms with Crippen LogP contribution in [0.2, 0.25) is 0 Å². The molecule has 2 N–H and O–H groups in total. The van der Waals surface area contributed by atoms with Gasteiger partial charge in [0.05, 0.1) is 19.9 Å². The summed E-state index contributed by atoms with van der Waals surface area (Å²) in [5, 5.41) is 12.6. The van der Waals surface area contributed by atoms with E-state index in [4.69, 9.17) is 21.7 Å². The minimum Gasteiger partial charge on any atom is -0.497 e. The van der Waals surface area contributed by atoms with Crippen LogP contribution in [0.4, 0.5) is 16.5 Å². The summed E-state index contributed by atoms with van der Waals surface area (Å²) in [6.45, 7) is 0.00285. The van der Waals surface area contributed by atoms with Crippen molar-refractivity contribution in [2.45, 2.75) is 0 Å². The van der Waals surface area contributed by atoms with Gasteiger partial charge in [-0.25, -0.2) is 0 Å². The summed E-state index contributed by atoms with van der Waals surface area (Å²) in [7, 11) is 3.16. The smallest absolute Gasteiger partial charge is 0.244 e. The maximum absolute atomic E-state index is 13.1. The van der Waals surface area contributed by atoms with Crippen molar-refractivity contribution in [2.75, 3.05) is 31.0 Å². The second-order valence-electron chi connectivity index (χ2n) is 6.59. The van der Waals surface area contributed by atoms with E-state index in [0.29, 0.717) is 26.3 Å². The topological polar surface area (TPSA) is 79.5 Å². The molecule has 0 aliphatic carbocycles. The Kier molecular flexibility index (Phi) is 6.15. The molecule has 3 aromatic carbocycles. The third-order valence-electron chi connectivity index (χ3n) is 4.70. The van der Waals surface area contributed by atoms with Gasteiger partial charge >= 0.3 is 0 Å². The molecule has 31 heavy (non-hydrogen) atoms. The lowest BCUT2D eigenvalue weighted by Crippen LogP contribution is -2.30. The quantitative estimate of drug-likeness (QED) is 0.378. The van der Waals surface area contributed by atoms with E-state index in [-0.39, 0.29) is 12.5 Å². The number of nitrogens with zero attached hydrogens (tertiary/aromatic N) is 2. The molecule has 9 heteroatoms. The fraction of sp³-hybridized carbons (Fsp3) is 0.136. The minimum absolute atomic E-state index is 0.00285. The van der Waals surface area contributed by atoms with E-state index in [1.807, 2.05) is 42.5 Å². The normalized spacial score (nSPS) is 10.6. The molecule has 0 fully saturated rings. The van der Waals surface area contributed by atoms with E-state index in [2.05, 4.69) is 15.5 Å². The Morgan fingerprint density at radius 3 is 2.68 bits per heavy atom. The molecule has 7 nitrogen and oxygen atoms in total. The summed E-state index contributed by atoms with van der Waals surface area (Å²) in [5.41, 5.74) is 1.39. The zero-order chi connectivity index (χ0) is 21.8. The number of aromatic amines is 1. The third kappa shape index (κ3) is 4.52. The van der Waals surface area contributed by atoms with Crippen LogP contribution in [0.15, 0.2) is 60.7 Å². The van der Waals surface area contributed by atoms with Crippen molar-refractivity contribution in [2.24, 2.45) is 0 Å². The number of hydrogen-bond acceptors (Lipinski definition) is 7. The van der Waals surface area contributed by atoms with Crippen LogP contribution in [-0.4, -0.2) is 36.9 Å². The Morgan fingerprint density at radius 1 is 1.13 bits per heavy atom. The summed E-state index contributed by atoms with van der Waals surface area (Å²) in [5.74, 6) is 1.01. The van der Waals surface area contributed by atoms with Crippen molar-refractivity contribution in [1.29, 1.82) is 0 Å². The predicted octanol–water partition coefficient (Wildman–Crippen LogP) is 5.15. The average Bonchev–Trinajstić information content (AvgIpc) is 3.23. The van der Waals surface area contributed by atoms with E-state index in [0.717, 1.165) is 16.5 Å². The van der Waals surface area contributed by atoms with Gasteiger partial charge in [-0.3, -0.25) is 9.89 Å². The molecule has 0 bridgehead atoms. The standard InChI is InChI=1S/C22H20N4O3S2/c1-28-15-10-11-19(29-2)18(12-15)26(21-24-25-22(30)31-21)13-20(27)23-17-9-5-7-14-6-3-4-8-16(14)17/h3-12H,13H2,1-2H3,(H,23,27)(H,25,30).